The zero-order chi connectivity index (χ0) is 22.5. The minimum atomic E-state index is -0.828. The summed E-state index contributed by atoms with van der Waals surface area (Å²) in [6.45, 7) is 5.67. The van der Waals surface area contributed by atoms with Crippen LogP contribution in [-0.4, -0.2) is 16.8 Å². The predicted molar refractivity (Wildman–Crippen MR) is 112 cm³/mol. The minimum absolute atomic E-state index is 0.0249. The summed E-state index contributed by atoms with van der Waals surface area (Å²) in [6.07, 6.45) is 0.418. The molecule has 8 heteroatoms. The van der Waals surface area contributed by atoms with Crippen LogP contribution in [0.2, 0.25) is 0 Å². The number of nitrogens with one attached hydrogen (secondary N) is 2. The molecule has 31 heavy (non-hydrogen) atoms. The molecule has 1 aromatic heterocycles. The molecule has 0 radical (unpaired) electrons. The first-order valence-electron chi connectivity index (χ1n) is 9.82. The first kappa shape index (κ1) is 22.1. The van der Waals surface area contributed by atoms with Gasteiger partial charge in [-0.05, 0) is 43.2 Å². The first-order valence-corrected chi connectivity index (χ1v) is 9.82. The average molecular weight is 427 g/mol. The molecule has 162 valence electrons. The van der Waals surface area contributed by atoms with Gasteiger partial charge in [0.25, 0.3) is 5.91 Å². The Morgan fingerprint density at radius 3 is 2.48 bits per heavy atom. The molecule has 2 amide bonds. The summed E-state index contributed by atoms with van der Waals surface area (Å²) in [4.78, 5) is 28.6. The lowest BCUT2D eigenvalue weighted by Gasteiger charge is -2.07. The van der Waals surface area contributed by atoms with Crippen molar-refractivity contribution in [3.8, 4) is 11.5 Å². The average Bonchev–Trinajstić information content (AvgIpc) is 3.05. The topological polar surface area (TPSA) is 84.2 Å². The number of rotatable bonds is 7. The third kappa shape index (κ3) is 5.97. The third-order valence-corrected chi connectivity index (χ3v) is 4.42. The second-order valence-corrected chi connectivity index (χ2v) is 7.59. The molecule has 2 N–H and O–H groups in total. The summed E-state index contributed by atoms with van der Waals surface area (Å²) in [5.41, 5.74) is 1.65. The number of oxazole rings is 1. The molecule has 3 rings (SSSR count). The van der Waals surface area contributed by atoms with Gasteiger partial charge >= 0.3 is 0 Å². The Labute approximate surface area is 178 Å². The minimum Gasteiger partial charge on any atom is -0.441 e. The van der Waals surface area contributed by atoms with Crippen molar-refractivity contribution in [2.75, 3.05) is 5.32 Å². The highest BCUT2D eigenvalue weighted by atomic mass is 19.1. The molecule has 0 atom stereocenters. The molecule has 2 aromatic carbocycles. The summed E-state index contributed by atoms with van der Waals surface area (Å²) in [6, 6.07) is 9.71. The quantitative estimate of drug-likeness (QED) is 0.565. The van der Waals surface area contributed by atoms with E-state index in [9.17, 15) is 18.4 Å². The molecule has 0 fully saturated rings. The Morgan fingerprint density at radius 1 is 1.10 bits per heavy atom. The largest absolute Gasteiger partial charge is 0.441 e. The van der Waals surface area contributed by atoms with Crippen LogP contribution < -0.4 is 10.6 Å². The van der Waals surface area contributed by atoms with E-state index in [2.05, 4.69) is 15.6 Å². The Kier molecular flexibility index (Phi) is 6.79. The van der Waals surface area contributed by atoms with Crippen molar-refractivity contribution in [3.05, 3.63) is 71.1 Å². The van der Waals surface area contributed by atoms with E-state index < -0.39 is 17.5 Å². The molecular formula is C23H23F2N3O3. The number of carbonyl (C=O) groups is 2. The van der Waals surface area contributed by atoms with E-state index in [1.54, 1.807) is 31.2 Å². The number of amides is 2. The van der Waals surface area contributed by atoms with Crippen molar-refractivity contribution >= 4 is 17.5 Å². The monoisotopic (exact) mass is 427 g/mol. The van der Waals surface area contributed by atoms with Crippen LogP contribution in [0.5, 0.6) is 0 Å². The Morgan fingerprint density at radius 2 is 1.81 bits per heavy atom. The van der Waals surface area contributed by atoms with Crippen LogP contribution >= 0.6 is 0 Å². The number of nitrogens with zero attached hydrogens (tertiary/aromatic N) is 1. The molecule has 0 bridgehead atoms. The standard InChI is InChI=1S/C23H23F2N3O3/c1-13(2)7-21(29)27-19-6-4-5-15(10-19)23-28-20(14(3)31-23)12-26-22(30)16-8-17(24)11-18(25)9-16/h4-6,8-11,13H,7,12H2,1-3H3,(H,26,30)(H,27,29). The van der Waals surface area contributed by atoms with E-state index in [4.69, 9.17) is 4.42 Å². The Bertz CT molecular complexity index is 1090. The van der Waals surface area contributed by atoms with Gasteiger partial charge in [-0.1, -0.05) is 19.9 Å². The summed E-state index contributed by atoms with van der Waals surface area (Å²) in [5.74, 6) is -1.28. The van der Waals surface area contributed by atoms with E-state index in [1.165, 1.54) is 0 Å². The second-order valence-electron chi connectivity index (χ2n) is 7.59. The maximum absolute atomic E-state index is 13.3. The number of benzene rings is 2. The summed E-state index contributed by atoms with van der Waals surface area (Å²) in [7, 11) is 0. The number of anilines is 1. The SMILES string of the molecule is Cc1oc(-c2cccc(NC(=O)CC(C)C)c2)nc1CNC(=O)c1cc(F)cc(F)c1. The molecular weight excluding hydrogens is 404 g/mol. The summed E-state index contributed by atoms with van der Waals surface area (Å²) in [5, 5.41) is 5.42. The van der Waals surface area contributed by atoms with Gasteiger partial charge in [-0.25, -0.2) is 13.8 Å². The molecule has 6 nitrogen and oxygen atoms in total. The summed E-state index contributed by atoms with van der Waals surface area (Å²) < 4.78 is 32.3. The van der Waals surface area contributed by atoms with E-state index in [-0.39, 0.29) is 23.9 Å². The summed E-state index contributed by atoms with van der Waals surface area (Å²) >= 11 is 0. The zero-order valence-electron chi connectivity index (χ0n) is 17.5. The second kappa shape index (κ2) is 9.51. The molecule has 0 aliphatic rings. The van der Waals surface area contributed by atoms with Crippen molar-refractivity contribution in [1.29, 1.82) is 0 Å². The number of hydrogen-bond donors (Lipinski definition) is 2. The van der Waals surface area contributed by atoms with E-state index in [1.807, 2.05) is 13.8 Å². The van der Waals surface area contributed by atoms with Crippen LogP contribution in [0, 0.1) is 24.5 Å². The van der Waals surface area contributed by atoms with Crippen LogP contribution in [0.1, 0.15) is 42.1 Å². The lowest BCUT2D eigenvalue weighted by atomic mass is 10.1. The smallest absolute Gasteiger partial charge is 0.251 e. The zero-order valence-corrected chi connectivity index (χ0v) is 17.5. The van der Waals surface area contributed by atoms with Gasteiger partial charge in [0.05, 0.1) is 6.54 Å². The van der Waals surface area contributed by atoms with E-state index in [0.29, 0.717) is 41.1 Å². The Balaban J connectivity index is 1.70. The van der Waals surface area contributed by atoms with Crippen LogP contribution in [0.15, 0.2) is 46.9 Å². The Hall–Kier alpha value is -3.55. The highest BCUT2D eigenvalue weighted by Gasteiger charge is 2.15. The predicted octanol–water partition coefficient (Wildman–Crippen LogP) is 4.84. The van der Waals surface area contributed by atoms with Crippen molar-refractivity contribution in [2.24, 2.45) is 5.92 Å². The van der Waals surface area contributed by atoms with Gasteiger partial charge in [-0.3, -0.25) is 9.59 Å². The lowest BCUT2D eigenvalue weighted by Crippen LogP contribution is -2.23. The maximum Gasteiger partial charge on any atom is 0.251 e. The number of aryl methyl sites for hydroxylation is 1. The fourth-order valence-electron chi connectivity index (χ4n) is 2.98. The van der Waals surface area contributed by atoms with Crippen molar-refractivity contribution in [2.45, 2.75) is 33.7 Å². The van der Waals surface area contributed by atoms with Crippen molar-refractivity contribution < 1.29 is 22.8 Å². The molecule has 0 spiro atoms. The number of carbonyl (C=O) groups excluding carboxylic acids is 2. The van der Waals surface area contributed by atoms with Crippen molar-refractivity contribution in [1.82, 2.24) is 10.3 Å². The third-order valence-electron chi connectivity index (χ3n) is 4.42. The van der Waals surface area contributed by atoms with Gasteiger partial charge in [0, 0.05) is 29.3 Å². The molecule has 0 saturated carbocycles. The maximum atomic E-state index is 13.3. The highest BCUT2D eigenvalue weighted by molar-refractivity contribution is 5.94. The molecule has 1 heterocycles. The van der Waals surface area contributed by atoms with Gasteiger partial charge in [-0.2, -0.15) is 0 Å². The fourth-order valence-corrected chi connectivity index (χ4v) is 2.98. The van der Waals surface area contributed by atoms with Gasteiger partial charge in [0.15, 0.2) is 0 Å². The molecule has 3 aromatic rings. The first-order chi connectivity index (χ1) is 14.7. The number of hydrogen-bond acceptors (Lipinski definition) is 4. The van der Waals surface area contributed by atoms with E-state index in [0.717, 1.165) is 12.1 Å². The van der Waals surface area contributed by atoms with Gasteiger partial charge in [-0.15, -0.1) is 0 Å². The molecule has 0 saturated heterocycles. The molecule has 0 aliphatic carbocycles. The normalized spacial score (nSPS) is 10.9. The van der Waals surface area contributed by atoms with Gasteiger partial charge in [0.2, 0.25) is 11.8 Å². The van der Waals surface area contributed by atoms with E-state index >= 15 is 0 Å². The fraction of sp³-hybridized carbons (Fsp3) is 0.261. The van der Waals surface area contributed by atoms with Crippen LogP contribution in [0.3, 0.4) is 0 Å². The van der Waals surface area contributed by atoms with Crippen LogP contribution in [-0.2, 0) is 11.3 Å². The number of halogens is 2. The van der Waals surface area contributed by atoms with Gasteiger partial charge < -0.3 is 15.1 Å². The van der Waals surface area contributed by atoms with Gasteiger partial charge in [0.1, 0.15) is 23.1 Å². The van der Waals surface area contributed by atoms with Crippen LogP contribution in [0.4, 0.5) is 14.5 Å². The highest BCUT2D eigenvalue weighted by Crippen LogP contribution is 2.24. The number of aromatic nitrogens is 1. The van der Waals surface area contributed by atoms with Crippen LogP contribution in [0.25, 0.3) is 11.5 Å². The molecule has 0 unspecified atom stereocenters. The van der Waals surface area contributed by atoms with Crippen molar-refractivity contribution in [3.63, 3.8) is 0 Å². The lowest BCUT2D eigenvalue weighted by molar-refractivity contribution is -0.116. The molecule has 0 aliphatic heterocycles.